The lowest BCUT2D eigenvalue weighted by atomic mass is 10.1. The van der Waals surface area contributed by atoms with E-state index in [0.717, 1.165) is 11.8 Å². The van der Waals surface area contributed by atoms with Crippen molar-refractivity contribution < 1.29 is 34.1 Å². The molecule has 2 rings (SSSR count). The van der Waals surface area contributed by atoms with Gasteiger partial charge in [-0.2, -0.15) is 0 Å². The molecule has 2 amide bonds. The first-order valence-electron chi connectivity index (χ1n) is 9.91. The predicted molar refractivity (Wildman–Crippen MR) is 125 cm³/mol. The summed E-state index contributed by atoms with van der Waals surface area (Å²) in [5.74, 6) is -1.32. The van der Waals surface area contributed by atoms with Crippen LogP contribution >= 0.6 is 24.0 Å². The Balaban J connectivity index is 2.04. The van der Waals surface area contributed by atoms with Crippen LogP contribution in [0.25, 0.3) is 6.08 Å². The number of aliphatic carboxylic acids is 1. The highest BCUT2D eigenvalue weighted by Crippen LogP contribution is 2.39. The number of benzene rings is 1. The van der Waals surface area contributed by atoms with E-state index < -0.39 is 17.9 Å². The lowest BCUT2D eigenvalue weighted by molar-refractivity contribution is -0.137. The first kappa shape index (κ1) is 25.5. The Morgan fingerprint density at radius 1 is 1.22 bits per heavy atom. The minimum Gasteiger partial charge on any atom is -0.502 e. The molecule has 174 valence electrons. The molecule has 32 heavy (non-hydrogen) atoms. The zero-order valence-electron chi connectivity index (χ0n) is 18.0. The molecule has 1 atom stereocenters. The van der Waals surface area contributed by atoms with E-state index in [4.69, 9.17) is 26.8 Å². The van der Waals surface area contributed by atoms with Crippen molar-refractivity contribution in [2.75, 3.05) is 20.8 Å². The topological polar surface area (TPSA) is 125 Å². The summed E-state index contributed by atoms with van der Waals surface area (Å²) in [6.45, 7) is 1.99. The molecule has 1 aromatic rings. The molecule has 1 fully saturated rings. The molecule has 1 aliphatic heterocycles. The normalized spacial score (nSPS) is 15.7. The van der Waals surface area contributed by atoms with Gasteiger partial charge in [0.15, 0.2) is 11.5 Å². The second kappa shape index (κ2) is 11.7. The molecule has 1 aliphatic rings. The van der Waals surface area contributed by atoms with Crippen molar-refractivity contribution in [3.05, 3.63) is 22.6 Å². The van der Waals surface area contributed by atoms with E-state index in [1.54, 1.807) is 25.1 Å². The fraction of sp³-hybridized carbons (Fsp3) is 0.429. The number of unbranched alkanes of at least 4 members (excludes halogenated alkanes) is 2. The Hall–Kier alpha value is -2.79. The number of hydrogen-bond acceptors (Lipinski definition) is 8. The zero-order chi connectivity index (χ0) is 23.8. The van der Waals surface area contributed by atoms with E-state index >= 15 is 0 Å². The number of phenolic OH excluding ortho intramolecular Hbond substituents is 1. The largest absolute Gasteiger partial charge is 0.502 e. The Morgan fingerprint density at radius 3 is 2.41 bits per heavy atom. The predicted octanol–water partition coefficient (Wildman–Crippen LogP) is 2.76. The Bertz CT molecular complexity index is 908. The van der Waals surface area contributed by atoms with Crippen molar-refractivity contribution >= 4 is 52.2 Å². The number of ether oxygens (including phenoxy) is 2. The number of aromatic hydroxyl groups is 1. The maximum Gasteiger partial charge on any atom is 0.303 e. The molecule has 0 aromatic heterocycles. The number of methoxy groups -OCH3 is 2. The first-order valence-corrected chi connectivity index (χ1v) is 11.1. The maximum atomic E-state index is 12.9. The summed E-state index contributed by atoms with van der Waals surface area (Å²) in [4.78, 5) is 37.5. The number of nitrogens with zero attached hydrogens (tertiary/aromatic N) is 1. The van der Waals surface area contributed by atoms with Gasteiger partial charge in [0.05, 0.1) is 19.1 Å². The monoisotopic (exact) mass is 482 g/mol. The lowest BCUT2D eigenvalue weighted by Gasteiger charge is -2.22. The highest BCUT2D eigenvalue weighted by Gasteiger charge is 2.38. The summed E-state index contributed by atoms with van der Waals surface area (Å²) in [6, 6.07) is 2.33. The molecule has 1 unspecified atom stereocenters. The molecule has 0 bridgehead atoms. The van der Waals surface area contributed by atoms with Gasteiger partial charge in [-0.05, 0) is 43.5 Å². The summed E-state index contributed by atoms with van der Waals surface area (Å²) in [7, 11) is 2.81. The van der Waals surface area contributed by atoms with E-state index in [-0.39, 0.29) is 33.9 Å². The molecule has 9 nitrogen and oxygen atoms in total. The van der Waals surface area contributed by atoms with Crippen LogP contribution in [-0.4, -0.2) is 64.0 Å². The number of nitrogens with one attached hydrogen (secondary N) is 1. The van der Waals surface area contributed by atoms with Crippen molar-refractivity contribution in [1.29, 1.82) is 0 Å². The lowest BCUT2D eigenvalue weighted by Crippen LogP contribution is -2.47. The van der Waals surface area contributed by atoms with E-state index in [1.165, 1.54) is 19.1 Å². The molecule has 0 spiro atoms. The summed E-state index contributed by atoms with van der Waals surface area (Å²) in [5, 5.41) is 21.4. The summed E-state index contributed by atoms with van der Waals surface area (Å²) in [6.07, 6.45) is 3.58. The minimum atomic E-state index is -0.839. The number of rotatable bonds is 11. The summed E-state index contributed by atoms with van der Waals surface area (Å²) in [5.41, 5.74) is 0.565. The van der Waals surface area contributed by atoms with Crippen LogP contribution in [0.4, 0.5) is 0 Å². The van der Waals surface area contributed by atoms with E-state index in [0.29, 0.717) is 36.3 Å². The number of hydrogen-bond donors (Lipinski definition) is 3. The van der Waals surface area contributed by atoms with Crippen LogP contribution in [0.15, 0.2) is 17.0 Å². The standard InChI is InChI=1S/C21H26N2O7S2/c1-12(19(27)22-8-6-4-5-7-17(24)25)23-20(28)16(32-21(23)31)11-13-9-14(29-2)18(26)15(10-13)30-3/h9-12,26H,4-8H2,1-3H3,(H,22,27)(H,24,25)/b16-11-. The number of thiocarbonyl (C=S) groups is 1. The van der Waals surface area contributed by atoms with Crippen LogP contribution in [0.5, 0.6) is 17.2 Å². The van der Waals surface area contributed by atoms with Gasteiger partial charge in [0.2, 0.25) is 11.7 Å². The second-order valence-electron chi connectivity index (χ2n) is 7.00. The van der Waals surface area contributed by atoms with E-state index in [9.17, 15) is 19.5 Å². The van der Waals surface area contributed by atoms with Crippen molar-refractivity contribution in [3.63, 3.8) is 0 Å². The first-order chi connectivity index (χ1) is 15.2. The van der Waals surface area contributed by atoms with Gasteiger partial charge >= 0.3 is 5.97 Å². The van der Waals surface area contributed by atoms with Gasteiger partial charge in [-0.25, -0.2) is 0 Å². The van der Waals surface area contributed by atoms with Crippen LogP contribution in [-0.2, 0) is 14.4 Å². The van der Waals surface area contributed by atoms with Crippen molar-refractivity contribution in [1.82, 2.24) is 10.2 Å². The maximum absolute atomic E-state index is 12.9. The number of carboxylic acid groups (broad SMARTS) is 1. The number of carboxylic acids is 1. The highest BCUT2D eigenvalue weighted by molar-refractivity contribution is 8.26. The van der Waals surface area contributed by atoms with Crippen LogP contribution in [0.2, 0.25) is 0 Å². The van der Waals surface area contributed by atoms with Gasteiger partial charge in [0.1, 0.15) is 10.4 Å². The Kier molecular flexibility index (Phi) is 9.33. The van der Waals surface area contributed by atoms with Crippen molar-refractivity contribution in [2.24, 2.45) is 0 Å². The number of carbonyl (C=O) groups excluding carboxylic acids is 2. The third-order valence-corrected chi connectivity index (χ3v) is 6.09. The molecule has 3 N–H and O–H groups in total. The molecular formula is C21H26N2O7S2. The van der Waals surface area contributed by atoms with Gasteiger partial charge in [0, 0.05) is 13.0 Å². The van der Waals surface area contributed by atoms with E-state index in [2.05, 4.69) is 5.32 Å². The Morgan fingerprint density at radius 2 is 1.84 bits per heavy atom. The third kappa shape index (κ3) is 6.36. The second-order valence-corrected chi connectivity index (χ2v) is 8.67. The molecule has 11 heteroatoms. The smallest absolute Gasteiger partial charge is 0.303 e. The van der Waals surface area contributed by atoms with Gasteiger partial charge in [-0.3, -0.25) is 19.3 Å². The van der Waals surface area contributed by atoms with Crippen LogP contribution in [0, 0.1) is 0 Å². The molecular weight excluding hydrogens is 456 g/mol. The van der Waals surface area contributed by atoms with Gasteiger partial charge in [0.25, 0.3) is 5.91 Å². The zero-order valence-corrected chi connectivity index (χ0v) is 19.7. The SMILES string of the molecule is COc1cc(/C=C2\SC(=S)N(C(C)C(=O)NCCCCCC(=O)O)C2=O)cc(OC)c1O. The Labute approximate surface area is 195 Å². The minimum absolute atomic E-state index is 0.103. The number of phenols is 1. The molecule has 1 saturated heterocycles. The fourth-order valence-electron chi connectivity index (χ4n) is 3.02. The average Bonchev–Trinajstić information content (AvgIpc) is 3.03. The average molecular weight is 483 g/mol. The van der Waals surface area contributed by atoms with E-state index in [1.807, 2.05) is 0 Å². The van der Waals surface area contributed by atoms with Crippen LogP contribution < -0.4 is 14.8 Å². The molecule has 1 aromatic carbocycles. The van der Waals surface area contributed by atoms with Crippen molar-refractivity contribution in [2.45, 2.75) is 38.6 Å². The molecule has 1 heterocycles. The number of amides is 2. The summed E-state index contributed by atoms with van der Waals surface area (Å²) < 4.78 is 10.5. The molecule has 0 radical (unpaired) electrons. The quantitative estimate of drug-likeness (QED) is 0.248. The third-order valence-electron chi connectivity index (χ3n) is 4.76. The van der Waals surface area contributed by atoms with Gasteiger partial charge in [-0.15, -0.1) is 0 Å². The highest BCUT2D eigenvalue weighted by atomic mass is 32.2. The summed E-state index contributed by atoms with van der Waals surface area (Å²) >= 11 is 6.40. The van der Waals surface area contributed by atoms with Crippen LogP contribution in [0.3, 0.4) is 0 Å². The number of carbonyl (C=O) groups is 3. The van der Waals surface area contributed by atoms with Gasteiger partial charge < -0.3 is 25.0 Å². The molecule has 0 saturated carbocycles. The number of thioether (sulfide) groups is 1. The van der Waals surface area contributed by atoms with Crippen molar-refractivity contribution in [3.8, 4) is 17.2 Å². The van der Waals surface area contributed by atoms with Crippen LogP contribution in [0.1, 0.15) is 38.2 Å². The van der Waals surface area contributed by atoms with Gasteiger partial charge in [-0.1, -0.05) is 30.4 Å². The molecule has 0 aliphatic carbocycles. The fourth-order valence-corrected chi connectivity index (χ4v) is 4.44.